The third-order valence-corrected chi connectivity index (χ3v) is 2.99. The van der Waals surface area contributed by atoms with Crippen molar-refractivity contribution >= 4 is 33.4 Å². The quantitative estimate of drug-likeness (QED) is 0.817. The number of hydrogen-bond donors (Lipinski definition) is 2. The molecule has 17 heavy (non-hydrogen) atoms. The lowest BCUT2D eigenvalue weighted by molar-refractivity contribution is -0.121. The number of hydrogen-bond acceptors (Lipinski definition) is 2. The predicted molar refractivity (Wildman–Crippen MR) is 72.6 cm³/mol. The summed E-state index contributed by atoms with van der Waals surface area (Å²) in [5, 5.41) is 12.7. The molecule has 0 aliphatic rings. The zero-order valence-electron chi connectivity index (χ0n) is 9.49. The van der Waals surface area contributed by atoms with Crippen LogP contribution in [0.2, 0.25) is 5.02 Å². The zero-order chi connectivity index (χ0) is 12.8. The van der Waals surface area contributed by atoms with Gasteiger partial charge in [-0.1, -0.05) is 39.7 Å². The van der Waals surface area contributed by atoms with E-state index in [1.54, 1.807) is 19.1 Å². The average Bonchev–Trinajstić information content (AvgIpc) is 2.30. The molecule has 0 unspecified atom stereocenters. The molecule has 0 heterocycles. The normalized spacial score (nSPS) is 14.1. The zero-order valence-corrected chi connectivity index (χ0v) is 11.8. The Kier molecular flexibility index (Phi) is 5.95. The summed E-state index contributed by atoms with van der Waals surface area (Å²) in [5.74, 6) is -0.127. The van der Waals surface area contributed by atoms with Gasteiger partial charge in [0.15, 0.2) is 0 Å². The Hall–Kier alpha value is -0.580. The van der Waals surface area contributed by atoms with Crippen molar-refractivity contribution in [1.29, 1.82) is 0 Å². The Morgan fingerprint density at radius 2 is 2.06 bits per heavy atom. The van der Waals surface area contributed by atoms with Gasteiger partial charge in [-0.25, -0.2) is 0 Å². The highest BCUT2D eigenvalue weighted by atomic mass is 79.9. The molecule has 0 radical (unpaired) electrons. The summed E-state index contributed by atoms with van der Waals surface area (Å²) in [6.45, 7) is 1.65. The van der Waals surface area contributed by atoms with Gasteiger partial charge >= 0.3 is 0 Å². The van der Waals surface area contributed by atoms with Gasteiger partial charge in [0.1, 0.15) is 0 Å². The van der Waals surface area contributed by atoms with Gasteiger partial charge in [-0.15, -0.1) is 0 Å². The van der Waals surface area contributed by atoms with E-state index in [0.717, 1.165) is 5.56 Å². The van der Waals surface area contributed by atoms with Crippen molar-refractivity contribution in [3.63, 3.8) is 0 Å². The minimum absolute atomic E-state index is 0.0892. The van der Waals surface area contributed by atoms with Crippen molar-refractivity contribution in [2.45, 2.75) is 24.2 Å². The molecule has 0 bridgehead atoms. The van der Waals surface area contributed by atoms with Crippen LogP contribution >= 0.6 is 27.5 Å². The van der Waals surface area contributed by atoms with Gasteiger partial charge in [0.05, 0.1) is 17.5 Å². The number of amides is 1. The fraction of sp³-hybridized carbons (Fsp3) is 0.417. The number of carbonyl (C=O) groups is 1. The third kappa shape index (κ3) is 5.06. The second-order valence-electron chi connectivity index (χ2n) is 3.83. The molecule has 0 saturated carbocycles. The van der Waals surface area contributed by atoms with Gasteiger partial charge in [0, 0.05) is 5.02 Å². The monoisotopic (exact) mass is 319 g/mol. The summed E-state index contributed by atoms with van der Waals surface area (Å²) in [6.07, 6.45) is 0.582. The number of aliphatic hydroxyl groups is 1. The van der Waals surface area contributed by atoms with Gasteiger partial charge in [-0.3, -0.25) is 4.79 Å². The largest absolute Gasteiger partial charge is 0.394 e. The average molecular weight is 321 g/mol. The summed E-state index contributed by atoms with van der Waals surface area (Å²) in [7, 11) is 0. The smallest absolute Gasteiger partial charge is 0.233 e. The molecule has 2 N–H and O–H groups in total. The molecular formula is C12H15BrClNO2. The molecule has 0 aromatic heterocycles. The highest BCUT2D eigenvalue weighted by Gasteiger charge is 2.15. The van der Waals surface area contributed by atoms with E-state index >= 15 is 0 Å². The highest BCUT2D eigenvalue weighted by Crippen LogP contribution is 2.11. The lowest BCUT2D eigenvalue weighted by Gasteiger charge is -2.17. The molecule has 1 amide bonds. The number of rotatable bonds is 5. The molecule has 0 fully saturated rings. The number of alkyl halides is 1. The first-order chi connectivity index (χ1) is 8.02. The third-order valence-electron chi connectivity index (χ3n) is 2.32. The van der Waals surface area contributed by atoms with Crippen LogP contribution in [-0.4, -0.2) is 28.5 Å². The second-order valence-corrected chi connectivity index (χ2v) is 5.64. The Balaban J connectivity index is 2.57. The minimum Gasteiger partial charge on any atom is -0.394 e. The summed E-state index contributed by atoms with van der Waals surface area (Å²) >= 11 is 8.96. The fourth-order valence-electron chi connectivity index (χ4n) is 1.38. The van der Waals surface area contributed by atoms with Crippen molar-refractivity contribution in [3.05, 3.63) is 34.9 Å². The van der Waals surface area contributed by atoms with Crippen molar-refractivity contribution < 1.29 is 9.90 Å². The Bertz CT molecular complexity index is 367. The number of nitrogens with one attached hydrogen (secondary N) is 1. The van der Waals surface area contributed by atoms with Crippen molar-refractivity contribution in [1.82, 2.24) is 5.32 Å². The van der Waals surface area contributed by atoms with Crippen LogP contribution in [0.4, 0.5) is 0 Å². The Morgan fingerprint density at radius 1 is 1.47 bits per heavy atom. The minimum atomic E-state index is -0.274. The van der Waals surface area contributed by atoms with Crippen LogP contribution in [0.1, 0.15) is 12.5 Å². The van der Waals surface area contributed by atoms with E-state index in [9.17, 15) is 9.90 Å². The van der Waals surface area contributed by atoms with Crippen molar-refractivity contribution in [2.75, 3.05) is 6.61 Å². The molecule has 2 atom stereocenters. The molecular weight excluding hydrogens is 305 g/mol. The predicted octanol–water partition coefficient (Wildman–Crippen LogP) is 2.14. The number of halogens is 2. The first-order valence-corrected chi connectivity index (χ1v) is 6.62. The van der Waals surface area contributed by atoms with E-state index in [4.69, 9.17) is 11.6 Å². The summed E-state index contributed by atoms with van der Waals surface area (Å²) in [5.41, 5.74) is 1.02. The Labute approximate surface area is 114 Å². The highest BCUT2D eigenvalue weighted by molar-refractivity contribution is 9.10. The molecule has 0 saturated heterocycles. The Morgan fingerprint density at radius 3 is 2.53 bits per heavy atom. The number of carbonyl (C=O) groups excluding carboxylic acids is 1. The molecule has 0 spiro atoms. The van der Waals surface area contributed by atoms with Gasteiger partial charge in [0.25, 0.3) is 0 Å². The first-order valence-electron chi connectivity index (χ1n) is 5.32. The summed E-state index contributed by atoms with van der Waals surface area (Å²) < 4.78 is 0. The molecule has 3 nitrogen and oxygen atoms in total. The molecule has 0 aliphatic heterocycles. The van der Waals surface area contributed by atoms with Crippen LogP contribution in [0.15, 0.2) is 24.3 Å². The van der Waals surface area contributed by atoms with E-state index in [1.165, 1.54) is 0 Å². The maximum atomic E-state index is 11.5. The van der Waals surface area contributed by atoms with Crippen LogP contribution in [0.5, 0.6) is 0 Å². The second kappa shape index (κ2) is 6.99. The van der Waals surface area contributed by atoms with Gasteiger partial charge < -0.3 is 10.4 Å². The molecule has 0 aliphatic carbocycles. The topological polar surface area (TPSA) is 49.3 Å². The van der Waals surface area contributed by atoms with Crippen LogP contribution in [0, 0.1) is 0 Å². The van der Waals surface area contributed by atoms with Crippen LogP contribution in [0.3, 0.4) is 0 Å². The molecule has 94 valence electrons. The standard InChI is InChI=1S/C12H15BrClNO2/c1-8(13)12(17)15-11(7-16)6-9-2-4-10(14)5-3-9/h2-5,8,11,16H,6-7H2,1H3,(H,15,17)/t8-,11+/m1/s1. The lowest BCUT2D eigenvalue weighted by atomic mass is 10.1. The first kappa shape index (κ1) is 14.5. The van der Waals surface area contributed by atoms with Crippen molar-refractivity contribution in [2.24, 2.45) is 0 Å². The van der Waals surface area contributed by atoms with Crippen LogP contribution < -0.4 is 5.32 Å². The van der Waals surface area contributed by atoms with Gasteiger partial charge in [-0.05, 0) is 31.0 Å². The fourth-order valence-corrected chi connectivity index (χ4v) is 1.64. The van der Waals surface area contributed by atoms with E-state index < -0.39 is 0 Å². The lowest BCUT2D eigenvalue weighted by Crippen LogP contribution is -2.42. The maximum absolute atomic E-state index is 11.5. The number of aliphatic hydroxyl groups excluding tert-OH is 1. The molecule has 1 rings (SSSR count). The van der Waals surface area contributed by atoms with Crippen LogP contribution in [0.25, 0.3) is 0 Å². The van der Waals surface area contributed by atoms with E-state index in [2.05, 4.69) is 21.2 Å². The van der Waals surface area contributed by atoms with Crippen LogP contribution in [-0.2, 0) is 11.2 Å². The molecule has 1 aromatic carbocycles. The number of benzene rings is 1. The molecule has 1 aromatic rings. The van der Waals surface area contributed by atoms with E-state index in [1.807, 2.05) is 12.1 Å². The summed E-state index contributed by atoms with van der Waals surface area (Å²) in [6, 6.07) is 7.08. The van der Waals surface area contributed by atoms with Crippen molar-refractivity contribution in [3.8, 4) is 0 Å². The summed E-state index contributed by atoms with van der Waals surface area (Å²) in [4.78, 5) is 11.2. The van der Waals surface area contributed by atoms with Gasteiger partial charge in [0.2, 0.25) is 5.91 Å². The SMILES string of the molecule is C[C@@H](Br)C(=O)N[C@H](CO)Cc1ccc(Cl)cc1. The maximum Gasteiger partial charge on any atom is 0.233 e. The molecule has 5 heteroatoms. The van der Waals surface area contributed by atoms with Gasteiger partial charge in [-0.2, -0.15) is 0 Å². The van der Waals surface area contributed by atoms with E-state index in [-0.39, 0.29) is 23.4 Å². The van der Waals surface area contributed by atoms with E-state index in [0.29, 0.717) is 11.4 Å².